The Balaban J connectivity index is 2.21. The van der Waals surface area contributed by atoms with Crippen molar-refractivity contribution in [1.29, 1.82) is 5.26 Å². The minimum atomic E-state index is -0.508. The van der Waals surface area contributed by atoms with Gasteiger partial charge in [-0.2, -0.15) is 5.26 Å². The highest BCUT2D eigenvalue weighted by atomic mass is 32.1. The van der Waals surface area contributed by atoms with Gasteiger partial charge in [0, 0.05) is 11.3 Å². The zero-order chi connectivity index (χ0) is 14.7. The van der Waals surface area contributed by atoms with Gasteiger partial charge in [0.2, 0.25) is 0 Å². The van der Waals surface area contributed by atoms with E-state index in [4.69, 9.17) is 5.26 Å². The van der Waals surface area contributed by atoms with E-state index in [0.29, 0.717) is 11.6 Å². The lowest BCUT2D eigenvalue weighted by Gasteiger charge is -2.14. The van der Waals surface area contributed by atoms with Gasteiger partial charge in [0.05, 0.1) is 22.4 Å². The molecule has 5 heteroatoms. The number of hydrogen-bond acceptors (Lipinski definition) is 4. The maximum atomic E-state index is 13.5. The molecule has 1 unspecified atom stereocenters. The van der Waals surface area contributed by atoms with Crippen LogP contribution >= 0.6 is 11.3 Å². The molecule has 1 aromatic carbocycles. The largest absolute Gasteiger partial charge is 0.376 e. The number of hydrogen-bond donors (Lipinski definition) is 1. The number of nitrogens with zero attached hydrogens (tertiary/aromatic N) is 2. The molecule has 104 valence electrons. The van der Waals surface area contributed by atoms with Crippen LogP contribution in [-0.2, 0) is 0 Å². The molecule has 0 saturated carbocycles. The van der Waals surface area contributed by atoms with Gasteiger partial charge < -0.3 is 5.32 Å². The summed E-state index contributed by atoms with van der Waals surface area (Å²) in [6.45, 7) is 6.15. The molecule has 1 atom stereocenters. The number of benzene rings is 1. The van der Waals surface area contributed by atoms with E-state index in [1.807, 2.05) is 18.4 Å². The number of halogens is 1. The molecule has 20 heavy (non-hydrogen) atoms. The molecule has 0 radical (unpaired) electrons. The Morgan fingerprint density at radius 1 is 1.35 bits per heavy atom. The zero-order valence-electron chi connectivity index (χ0n) is 11.6. The van der Waals surface area contributed by atoms with Crippen molar-refractivity contribution in [1.82, 2.24) is 4.98 Å². The lowest BCUT2D eigenvalue weighted by molar-refractivity contribution is 0.624. The van der Waals surface area contributed by atoms with Crippen LogP contribution in [0.25, 0.3) is 0 Å². The third-order valence-corrected chi connectivity index (χ3v) is 4.14. The Morgan fingerprint density at radius 3 is 2.70 bits per heavy atom. The molecule has 0 bridgehead atoms. The minimum Gasteiger partial charge on any atom is -0.376 e. The second-order valence-corrected chi connectivity index (χ2v) is 5.80. The van der Waals surface area contributed by atoms with Crippen LogP contribution in [0.4, 0.5) is 10.1 Å². The first kappa shape index (κ1) is 14.5. The van der Waals surface area contributed by atoms with E-state index < -0.39 is 5.82 Å². The van der Waals surface area contributed by atoms with Crippen LogP contribution in [-0.4, -0.2) is 4.98 Å². The Hall–Kier alpha value is -1.93. The third-order valence-electron chi connectivity index (χ3n) is 2.97. The van der Waals surface area contributed by atoms with E-state index in [9.17, 15) is 4.39 Å². The molecular weight excluding hydrogens is 273 g/mol. The second-order valence-electron chi connectivity index (χ2n) is 4.91. The highest BCUT2D eigenvalue weighted by Crippen LogP contribution is 2.26. The van der Waals surface area contributed by atoms with E-state index in [0.717, 1.165) is 10.7 Å². The van der Waals surface area contributed by atoms with Gasteiger partial charge in [-0.1, -0.05) is 19.9 Å². The summed E-state index contributed by atoms with van der Waals surface area (Å²) in [7, 11) is 0. The smallest absolute Gasteiger partial charge is 0.143 e. The van der Waals surface area contributed by atoms with E-state index in [1.54, 1.807) is 23.5 Å². The summed E-state index contributed by atoms with van der Waals surface area (Å²) >= 11 is 1.62. The minimum absolute atomic E-state index is 0.0404. The molecule has 0 aliphatic heterocycles. The Bertz CT molecular complexity index is 643. The number of anilines is 1. The normalized spacial score (nSPS) is 12.2. The van der Waals surface area contributed by atoms with Gasteiger partial charge in [-0.25, -0.2) is 9.37 Å². The maximum absolute atomic E-state index is 13.5. The summed E-state index contributed by atoms with van der Waals surface area (Å²) in [5.41, 5.74) is 1.45. The van der Waals surface area contributed by atoms with Crippen LogP contribution in [0.15, 0.2) is 23.6 Å². The molecule has 2 rings (SSSR count). The van der Waals surface area contributed by atoms with Gasteiger partial charge >= 0.3 is 0 Å². The average molecular weight is 289 g/mol. The van der Waals surface area contributed by atoms with Crippen LogP contribution in [0.1, 0.15) is 49.0 Å². The molecule has 1 heterocycles. The summed E-state index contributed by atoms with van der Waals surface area (Å²) in [5, 5.41) is 15.2. The fourth-order valence-electron chi connectivity index (χ4n) is 1.83. The maximum Gasteiger partial charge on any atom is 0.143 e. The standard InChI is InChI=1S/C15H16FN3S/c1-9(2)15-19-14(8-20-15)10(3)18-13-6-4-5-12(16)11(13)7-17/h4-6,8-10,18H,1-3H3. The molecule has 1 aromatic heterocycles. The predicted octanol–water partition coefficient (Wildman–Crippen LogP) is 4.45. The fraction of sp³-hybridized carbons (Fsp3) is 0.333. The molecule has 0 aliphatic rings. The molecule has 0 spiro atoms. The molecule has 3 nitrogen and oxygen atoms in total. The summed E-state index contributed by atoms with van der Waals surface area (Å²) in [6.07, 6.45) is 0. The average Bonchev–Trinajstić information content (AvgIpc) is 2.89. The van der Waals surface area contributed by atoms with Crippen molar-refractivity contribution in [2.45, 2.75) is 32.7 Å². The number of rotatable bonds is 4. The van der Waals surface area contributed by atoms with Crippen molar-refractivity contribution in [3.63, 3.8) is 0 Å². The molecular formula is C15H16FN3S. The van der Waals surface area contributed by atoms with Gasteiger partial charge in [-0.15, -0.1) is 11.3 Å². The topological polar surface area (TPSA) is 48.7 Å². The molecule has 2 aromatic rings. The Labute approximate surface area is 122 Å². The van der Waals surface area contributed by atoms with Crippen LogP contribution in [0, 0.1) is 17.1 Å². The van der Waals surface area contributed by atoms with E-state index >= 15 is 0 Å². The number of thiazole rings is 1. The van der Waals surface area contributed by atoms with Gasteiger partial charge in [-0.05, 0) is 19.1 Å². The van der Waals surface area contributed by atoms with E-state index in [2.05, 4.69) is 24.1 Å². The van der Waals surface area contributed by atoms with E-state index in [-0.39, 0.29) is 11.6 Å². The number of nitrogens with one attached hydrogen (secondary N) is 1. The van der Waals surface area contributed by atoms with Gasteiger partial charge in [-0.3, -0.25) is 0 Å². The van der Waals surface area contributed by atoms with Crippen molar-refractivity contribution >= 4 is 17.0 Å². The second kappa shape index (κ2) is 6.02. The van der Waals surface area contributed by atoms with Crippen molar-refractivity contribution in [2.24, 2.45) is 0 Å². The summed E-state index contributed by atoms with van der Waals surface area (Å²) in [6, 6.07) is 6.39. The first-order valence-electron chi connectivity index (χ1n) is 6.43. The van der Waals surface area contributed by atoms with Crippen molar-refractivity contribution in [2.75, 3.05) is 5.32 Å². The van der Waals surface area contributed by atoms with E-state index in [1.165, 1.54) is 6.07 Å². The van der Waals surface area contributed by atoms with Crippen LogP contribution in [0.2, 0.25) is 0 Å². The first-order chi connectivity index (χ1) is 9.52. The van der Waals surface area contributed by atoms with Crippen molar-refractivity contribution < 1.29 is 4.39 Å². The predicted molar refractivity (Wildman–Crippen MR) is 79.4 cm³/mol. The lowest BCUT2D eigenvalue weighted by atomic mass is 10.1. The molecule has 1 N–H and O–H groups in total. The monoisotopic (exact) mass is 289 g/mol. The van der Waals surface area contributed by atoms with Crippen molar-refractivity contribution in [3.05, 3.63) is 45.7 Å². The highest BCUT2D eigenvalue weighted by molar-refractivity contribution is 7.09. The van der Waals surface area contributed by atoms with Gasteiger partial charge in [0.1, 0.15) is 17.4 Å². The Morgan fingerprint density at radius 2 is 2.10 bits per heavy atom. The quantitative estimate of drug-likeness (QED) is 0.904. The highest BCUT2D eigenvalue weighted by Gasteiger charge is 2.14. The summed E-state index contributed by atoms with van der Waals surface area (Å²) in [5.74, 6) is -0.115. The zero-order valence-corrected chi connectivity index (χ0v) is 12.5. The fourth-order valence-corrected chi connectivity index (χ4v) is 2.76. The lowest BCUT2D eigenvalue weighted by Crippen LogP contribution is -2.09. The molecule has 0 aliphatic carbocycles. The first-order valence-corrected chi connectivity index (χ1v) is 7.31. The number of aromatic nitrogens is 1. The third kappa shape index (κ3) is 2.97. The molecule has 0 saturated heterocycles. The summed E-state index contributed by atoms with van der Waals surface area (Å²) < 4.78 is 13.5. The van der Waals surface area contributed by atoms with Gasteiger partial charge in [0.25, 0.3) is 0 Å². The SMILES string of the molecule is CC(C)c1nc(C(C)Nc2cccc(F)c2C#N)cs1. The number of nitriles is 1. The molecule has 0 fully saturated rings. The van der Waals surface area contributed by atoms with Crippen molar-refractivity contribution in [3.8, 4) is 6.07 Å². The van der Waals surface area contributed by atoms with Crippen LogP contribution in [0.3, 0.4) is 0 Å². The van der Waals surface area contributed by atoms with Crippen LogP contribution < -0.4 is 5.32 Å². The summed E-state index contributed by atoms with van der Waals surface area (Å²) in [4.78, 5) is 4.56. The van der Waals surface area contributed by atoms with Crippen LogP contribution in [0.5, 0.6) is 0 Å². The molecule has 0 amide bonds. The Kier molecular flexibility index (Phi) is 4.35. The van der Waals surface area contributed by atoms with Gasteiger partial charge in [0.15, 0.2) is 0 Å².